The predicted molar refractivity (Wildman–Crippen MR) is 63.7 cm³/mol. The van der Waals surface area contributed by atoms with Crippen molar-refractivity contribution in [1.82, 2.24) is 9.78 Å². The maximum atomic E-state index is 13.3. The van der Waals surface area contributed by atoms with E-state index >= 15 is 0 Å². The maximum Gasteiger partial charge on any atom is 0.165 e. The highest BCUT2D eigenvalue weighted by atomic mass is 35.5. The highest BCUT2D eigenvalue weighted by molar-refractivity contribution is 6.31. The zero-order valence-electron chi connectivity index (χ0n) is 9.58. The summed E-state index contributed by atoms with van der Waals surface area (Å²) in [5.41, 5.74) is 1.47. The van der Waals surface area contributed by atoms with Crippen LogP contribution in [0.2, 0.25) is 5.02 Å². The molecular weight excluding hydrogens is 243 g/mol. The largest absolute Gasteiger partial charge is 0.484 e. The Morgan fingerprint density at radius 2 is 2.12 bits per heavy atom. The van der Waals surface area contributed by atoms with Crippen molar-refractivity contribution in [2.45, 2.75) is 13.5 Å². The molecule has 2 aromatic rings. The molecule has 0 aliphatic rings. The van der Waals surface area contributed by atoms with Gasteiger partial charge in [-0.1, -0.05) is 23.7 Å². The summed E-state index contributed by atoms with van der Waals surface area (Å²) in [5.74, 6) is -0.176. The molecule has 90 valence electrons. The van der Waals surface area contributed by atoms with Gasteiger partial charge in [0.15, 0.2) is 11.6 Å². The molecule has 1 aromatic carbocycles. The van der Waals surface area contributed by atoms with Crippen molar-refractivity contribution in [2.75, 3.05) is 0 Å². The van der Waals surface area contributed by atoms with Crippen LogP contribution < -0.4 is 4.74 Å². The Balaban J connectivity index is 2.15. The van der Waals surface area contributed by atoms with Gasteiger partial charge in [-0.2, -0.15) is 5.10 Å². The summed E-state index contributed by atoms with van der Waals surface area (Å²) in [6.45, 7) is 2.01. The first-order valence-corrected chi connectivity index (χ1v) is 5.52. The maximum absolute atomic E-state index is 13.3. The van der Waals surface area contributed by atoms with Gasteiger partial charge in [-0.25, -0.2) is 4.39 Å². The minimum absolute atomic E-state index is 0.192. The third-order valence-electron chi connectivity index (χ3n) is 2.46. The second kappa shape index (κ2) is 4.75. The molecule has 5 heteroatoms. The molecule has 0 bridgehead atoms. The standard InChI is InChI=1S/C12H12ClFN2O/c1-8-12(13)10(16(2)15-8)7-17-11-6-4-3-5-9(11)14/h3-6H,7H2,1-2H3. The normalized spacial score (nSPS) is 10.6. The van der Waals surface area contributed by atoms with Crippen LogP contribution in [0.15, 0.2) is 24.3 Å². The molecular formula is C12H12ClFN2O. The number of hydrogen-bond acceptors (Lipinski definition) is 2. The Morgan fingerprint density at radius 1 is 1.41 bits per heavy atom. The third kappa shape index (κ3) is 2.42. The van der Waals surface area contributed by atoms with Gasteiger partial charge in [0.25, 0.3) is 0 Å². The van der Waals surface area contributed by atoms with Crippen molar-refractivity contribution >= 4 is 11.6 Å². The number of halogens is 2. The highest BCUT2D eigenvalue weighted by Crippen LogP contribution is 2.22. The molecule has 2 rings (SSSR count). The lowest BCUT2D eigenvalue weighted by atomic mass is 10.3. The molecule has 0 saturated carbocycles. The first-order chi connectivity index (χ1) is 8.09. The molecule has 0 aliphatic heterocycles. The second-order valence-electron chi connectivity index (χ2n) is 3.69. The Labute approximate surface area is 104 Å². The number of aromatic nitrogens is 2. The van der Waals surface area contributed by atoms with Gasteiger partial charge in [-0.05, 0) is 19.1 Å². The van der Waals surface area contributed by atoms with Gasteiger partial charge < -0.3 is 4.74 Å². The van der Waals surface area contributed by atoms with Crippen LogP contribution in [0, 0.1) is 12.7 Å². The van der Waals surface area contributed by atoms with Crippen LogP contribution in [0.3, 0.4) is 0 Å². The minimum Gasteiger partial charge on any atom is -0.484 e. The fraction of sp³-hybridized carbons (Fsp3) is 0.250. The van der Waals surface area contributed by atoms with Crippen LogP contribution in [0.25, 0.3) is 0 Å². The summed E-state index contributed by atoms with van der Waals surface area (Å²) < 4.78 is 20.3. The summed E-state index contributed by atoms with van der Waals surface area (Å²) >= 11 is 6.06. The molecule has 1 heterocycles. The third-order valence-corrected chi connectivity index (χ3v) is 2.95. The molecule has 0 unspecified atom stereocenters. The SMILES string of the molecule is Cc1nn(C)c(COc2ccccc2F)c1Cl. The van der Waals surface area contributed by atoms with E-state index < -0.39 is 0 Å². The number of benzene rings is 1. The number of rotatable bonds is 3. The van der Waals surface area contributed by atoms with E-state index in [0.29, 0.717) is 5.02 Å². The number of nitrogens with zero attached hydrogens (tertiary/aromatic N) is 2. The number of ether oxygens (including phenoxy) is 1. The molecule has 0 atom stereocenters. The number of para-hydroxylation sites is 1. The van der Waals surface area contributed by atoms with E-state index in [2.05, 4.69) is 5.10 Å². The molecule has 0 N–H and O–H groups in total. The average Bonchev–Trinajstić information content (AvgIpc) is 2.53. The molecule has 0 spiro atoms. The van der Waals surface area contributed by atoms with Crippen molar-refractivity contribution in [1.29, 1.82) is 0 Å². The molecule has 3 nitrogen and oxygen atoms in total. The quantitative estimate of drug-likeness (QED) is 0.842. The molecule has 0 fully saturated rings. The van der Waals surface area contributed by atoms with Crippen LogP contribution in [0.1, 0.15) is 11.4 Å². The second-order valence-corrected chi connectivity index (χ2v) is 4.07. The molecule has 17 heavy (non-hydrogen) atoms. The lowest BCUT2D eigenvalue weighted by molar-refractivity contribution is 0.280. The monoisotopic (exact) mass is 254 g/mol. The first kappa shape index (κ1) is 11.9. The van der Waals surface area contributed by atoms with Crippen LogP contribution in [0.4, 0.5) is 4.39 Å². The van der Waals surface area contributed by atoms with Gasteiger partial charge in [0.05, 0.1) is 16.4 Å². The number of aryl methyl sites for hydroxylation is 2. The smallest absolute Gasteiger partial charge is 0.165 e. The molecule has 0 saturated heterocycles. The minimum atomic E-state index is -0.387. The molecule has 0 amide bonds. The topological polar surface area (TPSA) is 27.1 Å². The van der Waals surface area contributed by atoms with Gasteiger partial charge in [-0.15, -0.1) is 0 Å². The summed E-state index contributed by atoms with van der Waals surface area (Å²) in [6, 6.07) is 6.26. The Morgan fingerprint density at radius 3 is 2.71 bits per heavy atom. The summed E-state index contributed by atoms with van der Waals surface area (Å²) in [5, 5.41) is 4.72. The Hall–Kier alpha value is -1.55. The van der Waals surface area contributed by atoms with Crippen LogP contribution in [0.5, 0.6) is 5.75 Å². The van der Waals surface area contributed by atoms with E-state index in [1.54, 1.807) is 29.9 Å². The summed E-state index contributed by atoms with van der Waals surface area (Å²) in [6.07, 6.45) is 0. The fourth-order valence-electron chi connectivity index (χ4n) is 1.54. The molecule has 0 aliphatic carbocycles. The molecule has 1 aromatic heterocycles. The van der Waals surface area contributed by atoms with E-state index in [9.17, 15) is 4.39 Å². The van der Waals surface area contributed by atoms with Crippen molar-refractivity contribution in [3.05, 3.63) is 46.5 Å². The van der Waals surface area contributed by atoms with Gasteiger partial charge in [-0.3, -0.25) is 4.68 Å². The van der Waals surface area contributed by atoms with Gasteiger partial charge in [0, 0.05) is 7.05 Å². The van der Waals surface area contributed by atoms with Crippen LogP contribution in [-0.4, -0.2) is 9.78 Å². The molecule has 0 radical (unpaired) electrons. The fourth-order valence-corrected chi connectivity index (χ4v) is 1.76. The van der Waals surface area contributed by atoms with Gasteiger partial charge in [0.2, 0.25) is 0 Å². The van der Waals surface area contributed by atoms with Crippen LogP contribution >= 0.6 is 11.6 Å². The first-order valence-electron chi connectivity index (χ1n) is 5.15. The summed E-state index contributed by atoms with van der Waals surface area (Å²) in [4.78, 5) is 0. The van der Waals surface area contributed by atoms with Gasteiger partial charge >= 0.3 is 0 Å². The van der Waals surface area contributed by atoms with Crippen molar-refractivity contribution in [3.8, 4) is 5.75 Å². The van der Waals surface area contributed by atoms with E-state index in [1.807, 2.05) is 6.92 Å². The average molecular weight is 255 g/mol. The lowest BCUT2D eigenvalue weighted by Crippen LogP contribution is -2.04. The zero-order valence-corrected chi connectivity index (χ0v) is 10.3. The number of hydrogen-bond donors (Lipinski definition) is 0. The Bertz CT molecular complexity index is 539. The van der Waals surface area contributed by atoms with Crippen molar-refractivity contribution < 1.29 is 9.13 Å². The highest BCUT2D eigenvalue weighted by Gasteiger charge is 2.12. The van der Waals surface area contributed by atoms with Crippen molar-refractivity contribution in [3.63, 3.8) is 0 Å². The van der Waals surface area contributed by atoms with E-state index in [1.165, 1.54) is 6.07 Å². The Kier molecular flexibility index (Phi) is 3.33. The lowest BCUT2D eigenvalue weighted by Gasteiger charge is -2.07. The van der Waals surface area contributed by atoms with E-state index in [0.717, 1.165) is 11.4 Å². The van der Waals surface area contributed by atoms with Crippen LogP contribution in [-0.2, 0) is 13.7 Å². The zero-order chi connectivity index (χ0) is 12.4. The predicted octanol–water partition coefficient (Wildman–Crippen LogP) is 3.10. The summed E-state index contributed by atoms with van der Waals surface area (Å²) in [7, 11) is 1.78. The van der Waals surface area contributed by atoms with Gasteiger partial charge in [0.1, 0.15) is 6.61 Å². The van der Waals surface area contributed by atoms with Crippen molar-refractivity contribution in [2.24, 2.45) is 7.05 Å². The van der Waals surface area contributed by atoms with E-state index in [-0.39, 0.29) is 18.2 Å². The van der Waals surface area contributed by atoms with E-state index in [4.69, 9.17) is 16.3 Å².